The van der Waals surface area contributed by atoms with E-state index in [2.05, 4.69) is 85.7 Å². The van der Waals surface area contributed by atoms with Crippen molar-refractivity contribution in [2.75, 3.05) is 0 Å². The van der Waals surface area contributed by atoms with Gasteiger partial charge in [0.1, 0.15) is 0 Å². The zero-order chi connectivity index (χ0) is 32.4. The van der Waals surface area contributed by atoms with E-state index in [0.29, 0.717) is 7.82 Å². The van der Waals surface area contributed by atoms with Gasteiger partial charge >= 0.3 is 268 Å². The summed E-state index contributed by atoms with van der Waals surface area (Å²) >= 11 is -3.58. The molecule has 8 heteroatoms. The van der Waals surface area contributed by atoms with Crippen molar-refractivity contribution in [3.63, 3.8) is 0 Å². The van der Waals surface area contributed by atoms with Crippen molar-refractivity contribution in [1.82, 2.24) is 0 Å². The summed E-state index contributed by atoms with van der Waals surface area (Å²) in [4.78, 5) is 0.360. The van der Waals surface area contributed by atoms with E-state index in [1.54, 1.807) is 12.1 Å². The maximum absolute atomic E-state index is 14.8. The minimum atomic E-state index is -3.79. The normalized spacial score (nSPS) is 15.2. The van der Waals surface area contributed by atoms with Gasteiger partial charge in [-0.15, -0.1) is 0 Å². The van der Waals surface area contributed by atoms with E-state index in [1.807, 2.05) is 25.1 Å². The number of hydrogen-bond donors (Lipinski definition) is 1. The predicted octanol–water partition coefficient (Wildman–Crippen LogP) is 9.67. The molecule has 0 saturated heterocycles. The molecule has 0 heterocycles. The van der Waals surface area contributed by atoms with E-state index in [-0.39, 0.29) is 5.04 Å². The Bertz CT molecular complexity index is 1150. The molecule has 0 unspecified atom stereocenters. The third kappa shape index (κ3) is 11.9. The molecule has 0 bridgehead atoms. The van der Waals surface area contributed by atoms with Crippen LogP contribution in [-0.2, 0) is 14.3 Å². The number of hydrogen-bond acceptors (Lipinski definition) is 4. The third-order valence-electron chi connectivity index (χ3n) is 8.63. The SMILES string of the molecule is CCC[CH2][Sn]([CH2]CCC)([CH2]CCC)/[C](=C\[C@@H](O[Si](C)(C)C(C)(C)C)[C@H](O)C#C[Si](C)(C)C)S(=O)(=O)c1ccc(C)cc1. The van der Waals surface area contributed by atoms with Crippen LogP contribution in [0.3, 0.4) is 0 Å². The Hall–Kier alpha value is -0.378. The fourth-order valence-corrected chi connectivity index (χ4v) is 30.9. The van der Waals surface area contributed by atoms with Crippen molar-refractivity contribution in [1.29, 1.82) is 0 Å². The molecule has 240 valence electrons. The van der Waals surface area contributed by atoms with E-state index in [4.69, 9.17) is 4.43 Å². The summed E-state index contributed by atoms with van der Waals surface area (Å²) in [6, 6.07) is 7.31. The van der Waals surface area contributed by atoms with Crippen LogP contribution in [0.1, 0.15) is 85.6 Å². The second kappa shape index (κ2) is 16.8. The molecule has 1 aromatic carbocycles. The first kappa shape index (κ1) is 39.6. The zero-order valence-corrected chi connectivity index (χ0v) is 34.7. The van der Waals surface area contributed by atoms with E-state index in [1.165, 1.54) is 0 Å². The minimum absolute atomic E-state index is 0.103. The van der Waals surface area contributed by atoms with Gasteiger partial charge < -0.3 is 0 Å². The molecule has 0 amide bonds. The van der Waals surface area contributed by atoms with Gasteiger partial charge in [0.25, 0.3) is 0 Å². The summed E-state index contributed by atoms with van der Waals surface area (Å²) in [6.07, 6.45) is 6.28. The summed E-state index contributed by atoms with van der Waals surface area (Å²) < 4.78 is 40.3. The number of rotatable bonds is 16. The molecular formula is C34H62O4SSi2Sn. The molecule has 0 aromatic heterocycles. The van der Waals surface area contributed by atoms with Crippen molar-refractivity contribution in [2.45, 2.75) is 155 Å². The van der Waals surface area contributed by atoms with Crippen LogP contribution >= 0.6 is 0 Å². The fourth-order valence-electron chi connectivity index (χ4n) is 4.91. The van der Waals surface area contributed by atoms with Gasteiger partial charge in [0.2, 0.25) is 0 Å². The molecule has 0 aliphatic heterocycles. The van der Waals surface area contributed by atoms with Gasteiger partial charge in [-0.25, -0.2) is 0 Å². The first-order valence-corrected chi connectivity index (χ1v) is 31.6. The van der Waals surface area contributed by atoms with E-state index in [0.717, 1.165) is 57.4 Å². The van der Waals surface area contributed by atoms with E-state index in [9.17, 15) is 13.5 Å². The van der Waals surface area contributed by atoms with Crippen molar-refractivity contribution in [2.24, 2.45) is 0 Å². The van der Waals surface area contributed by atoms with Gasteiger partial charge in [0.05, 0.1) is 0 Å². The quantitative estimate of drug-likeness (QED) is 0.135. The molecule has 4 nitrogen and oxygen atoms in total. The number of aliphatic hydroxyl groups excluding tert-OH is 1. The monoisotopic (exact) mass is 742 g/mol. The predicted molar refractivity (Wildman–Crippen MR) is 191 cm³/mol. The number of benzene rings is 1. The van der Waals surface area contributed by atoms with Gasteiger partial charge in [-0.1, -0.05) is 0 Å². The first-order valence-electron chi connectivity index (χ1n) is 16.2. The van der Waals surface area contributed by atoms with Crippen LogP contribution < -0.4 is 0 Å². The molecule has 0 aliphatic carbocycles. The van der Waals surface area contributed by atoms with Crippen LogP contribution in [0.5, 0.6) is 0 Å². The molecule has 2 atom stereocenters. The second-order valence-corrected chi connectivity index (χ2v) is 40.3. The van der Waals surface area contributed by atoms with Gasteiger partial charge in [-0.05, 0) is 0 Å². The number of unbranched alkanes of at least 4 members (excludes halogenated alkanes) is 3. The molecule has 42 heavy (non-hydrogen) atoms. The maximum atomic E-state index is 14.8. The molecule has 1 aromatic rings. The average Bonchev–Trinajstić information content (AvgIpc) is 2.88. The van der Waals surface area contributed by atoms with Gasteiger partial charge in [0, 0.05) is 0 Å². The van der Waals surface area contributed by atoms with Crippen LogP contribution in [0.25, 0.3) is 0 Å². The van der Waals surface area contributed by atoms with Crippen LogP contribution in [0.15, 0.2) is 38.2 Å². The Morgan fingerprint density at radius 2 is 1.38 bits per heavy atom. The Labute approximate surface area is 266 Å². The molecule has 1 rings (SSSR count). The standard InChI is InChI=1S/C22H35O4SSi2.3C4H9.Sn/c1-18-10-12-19(13-11-18)27(24,25)16-14-21(20(23)15-17-28(5,6)7)26-29(8,9)22(2,3)4;3*1-3-4-2;/h10-14,20-21,23H,1-9H3;3*1,3-4H2,2H3;/t20-,21-;;;;/m1..../s1. The molecule has 0 spiro atoms. The number of sulfone groups is 1. The molecule has 0 fully saturated rings. The van der Waals surface area contributed by atoms with Crippen LogP contribution in [0.4, 0.5) is 0 Å². The van der Waals surface area contributed by atoms with Crippen LogP contribution in [0, 0.1) is 18.4 Å². The Kier molecular flexibility index (Phi) is 15.9. The molecule has 0 aliphatic rings. The number of aryl methyl sites for hydroxylation is 1. The van der Waals surface area contributed by atoms with Crippen molar-refractivity contribution < 1.29 is 18.0 Å². The summed E-state index contributed by atoms with van der Waals surface area (Å²) in [6.45, 7) is 25.9. The molecule has 0 radical (unpaired) electrons. The fraction of sp³-hybridized carbons (Fsp3) is 0.706. The summed E-state index contributed by atoms with van der Waals surface area (Å²) in [5, 5.41) is 11.5. The zero-order valence-electron chi connectivity index (χ0n) is 29.0. The van der Waals surface area contributed by atoms with Crippen LogP contribution in [0.2, 0.25) is 51.1 Å². The average molecular weight is 742 g/mol. The van der Waals surface area contributed by atoms with Gasteiger partial charge in [-0.3, -0.25) is 0 Å². The second-order valence-electron chi connectivity index (χ2n) is 14.7. The molecule has 0 saturated carbocycles. The summed E-state index contributed by atoms with van der Waals surface area (Å²) in [7, 11) is -7.95. The van der Waals surface area contributed by atoms with E-state index < -0.39 is 56.8 Å². The van der Waals surface area contributed by atoms with Crippen molar-refractivity contribution in [3.8, 4) is 11.5 Å². The Morgan fingerprint density at radius 1 is 0.929 bits per heavy atom. The molecule has 1 N–H and O–H groups in total. The topological polar surface area (TPSA) is 63.6 Å². The van der Waals surface area contributed by atoms with Gasteiger partial charge in [0.15, 0.2) is 0 Å². The first-order chi connectivity index (χ1) is 19.3. The van der Waals surface area contributed by atoms with Gasteiger partial charge in [-0.2, -0.15) is 0 Å². The van der Waals surface area contributed by atoms with Crippen molar-refractivity contribution >= 4 is 44.6 Å². The van der Waals surface area contributed by atoms with Crippen molar-refractivity contribution in [3.05, 3.63) is 38.8 Å². The third-order valence-corrected chi connectivity index (χ3v) is 35.5. The number of aliphatic hydroxyl groups is 1. The van der Waals surface area contributed by atoms with E-state index >= 15 is 0 Å². The Morgan fingerprint density at radius 3 is 1.76 bits per heavy atom. The van der Waals surface area contributed by atoms with Crippen LogP contribution in [-0.4, -0.2) is 60.5 Å². The summed E-state index contributed by atoms with van der Waals surface area (Å²) in [5.74, 6) is 3.13. The Balaban J connectivity index is 4.18. The summed E-state index contributed by atoms with van der Waals surface area (Å²) in [5.41, 5.74) is 4.37. The molecular weight excluding hydrogens is 679 g/mol.